The first kappa shape index (κ1) is 22.2. The van der Waals surface area contributed by atoms with E-state index in [0.717, 1.165) is 12.0 Å². The number of hydrogen-bond acceptors (Lipinski definition) is 4. The molecule has 1 aromatic heterocycles. The monoisotopic (exact) mass is 426 g/mol. The molecular formula is C24H30N2O3S. The summed E-state index contributed by atoms with van der Waals surface area (Å²) >= 11 is 1.35. The zero-order valence-electron chi connectivity index (χ0n) is 17.9. The van der Waals surface area contributed by atoms with Crippen molar-refractivity contribution in [1.29, 1.82) is 0 Å². The molecule has 1 atom stereocenters. The van der Waals surface area contributed by atoms with Gasteiger partial charge in [0.25, 0.3) is 5.91 Å². The van der Waals surface area contributed by atoms with Crippen LogP contribution in [0.15, 0.2) is 41.8 Å². The number of thiophene rings is 1. The molecule has 1 saturated heterocycles. The van der Waals surface area contributed by atoms with Gasteiger partial charge in [-0.05, 0) is 49.1 Å². The quantitative estimate of drug-likeness (QED) is 0.675. The maximum Gasteiger partial charge on any atom is 0.261 e. The van der Waals surface area contributed by atoms with Crippen LogP contribution in [0.25, 0.3) is 0 Å². The van der Waals surface area contributed by atoms with Crippen molar-refractivity contribution in [2.75, 3.05) is 13.1 Å². The van der Waals surface area contributed by atoms with Crippen LogP contribution in [0.3, 0.4) is 0 Å². The minimum atomic E-state index is -0.583. The Morgan fingerprint density at radius 2 is 1.73 bits per heavy atom. The van der Waals surface area contributed by atoms with Crippen LogP contribution in [-0.2, 0) is 11.2 Å². The highest BCUT2D eigenvalue weighted by Gasteiger charge is 2.30. The second-order valence-electron chi connectivity index (χ2n) is 8.43. The lowest BCUT2D eigenvalue weighted by atomic mass is 9.88. The van der Waals surface area contributed by atoms with Gasteiger partial charge in [-0.2, -0.15) is 0 Å². The molecule has 0 aliphatic carbocycles. The summed E-state index contributed by atoms with van der Waals surface area (Å²) in [6.07, 6.45) is 2.32. The van der Waals surface area contributed by atoms with Crippen molar-refractivity contribution in [3.05, 3.63) is 57.8 Å². The Kier molecular flexibility index (Phi) is 7.43. The van der Waals surface area contributed by atoms with Gasteiger partial charge in [-0.3, -0.25) is 14.4 Å². The van der Waals surface area contributed by atoms with E-state index in [1.54, 1.807) is 17.9 Å². The third-order valence-electron chi connectivity index (χ3n) is 5.52. The van der Waals surface area contributed by atoms with E-state index in [0.29, 0.717) is 36.7 Å². The van der Waals surface area contributed by atoms with E-state index in [1.165, 1.54) is 16.9 Å². The Labute approximate surface area is 182 Å². The molecule has 3 rings (SSSR count). The van der Waals surface area contributed by atoms with Gasteiger partial charge in [-0.25, -0.2) is 0 Å². The van der Waals surface area contributed by atoms with Gasteiger partial charge in [0.2, 0.25) is 5.91 Å². The van der Waals surface area contributed by atoms with E-state index in [1.807, 2.05) is 35.7 Å². The Hall–Kier alpha value is -2.47. The molecule has 0 saturated carbocycles. The Bertz CT molecular complexity index is 866. The zero-order valence-corrected chi connectivity index (χ0v) is 18.7. The number of nitrogens with one attached hydrogen (secondary N) is 1. The highest BCUT2D eigenvalue weighted by molar-refractivity contribution is 7.12. The molecule has 1 aliphatic rings. The van der Waals surface area contributed by atoms with Crippen LogP contribution in [-0.4, -0.2) is 41.6 Å². The van der Waals surface area contributed by atoms with E-state index in [9.17, 15) is 14.4 Å². The molecule has 30 heavy (non-hydrogen) atoms. The van der Waals surface area contributed by atoms with E-state index < -0.39 is 6.04 Å². The summed E-state index contributed by atoms with van der Waals surface area (Å²) in [7, 11) is 0. The summed E-state index contributed by atoms with van der Waals surface area (Å²) in [5.74, 6) is 0.379. The van der Waals surface area contributed by atoms with Gasteiger partial charge in [0.05, 0.1) is 4.88 Å². The molecule has 0 radical (unpaired) electrons. The van der Waals surface area contributed by atoms with Crippen molar-refractivity contribution in [2.45, 2.75) is 46.1 Å². The highest BCUT2D eigenvalue weighted by atomic mass is 32.1. The lowest BCUT2D eigenvalue weighted by molar-refractivity contribution is -0.134. The molecule has 2 amide bonds. The largest absolute Gasteiger partial charge is 0.341 e. The lowest BCUT2D eigenvalue weighted by Crippen LogP contribution is -2.49. The number of hydrogen-bond donors (Lipinski definition) is 1. The number of amides is 2. The van der Waals surface area contributed by atoms with Crippen molar-refractivity contribution in [2.24, 2.45) is 11.8 Å². The normalized spacial score (nSPS) is 15.8. The molecule has 5 nitrogen and oxygen atoms in total. The second-order valence-corrected chi connectivity index (χ2v) is 9.38. The number of likely N-dealkylation sites (tertiary alicyclic amines) is 1. The molecule has 2 heterocycles. The molecule has 0 bridgehead atoms. The fourth-order valence-electron chi connectivity index (χ4n) is 3.89. The second kappa shape index (κ2) is 10.0. The van der Waals surface area contributed by atoms with Gasteiger partial charge >= 0.3 is 0 Å². The molecule has 0 spiro atoms. The smallest absolute Gasteiger partial charge is 0.261 e. The predicted octanol–water partition coefficient (Wildman–Crippen LogP) is 4.19. The van der Waals surface area contributed by atoms with Crippen LogP contribution < -0.4 is 5.32 Å². The maximum absolute atomic E-state index is 12.9. The minimum absolute atomic E-state index is 0.0546. The van der Waals surface area contributed by atoms with Crippen molar-refractivity contribution in [3.63, 3.8) is 0 Å². The number of piperidine rings is 1. The van der Waals surface area contributed by atoms with Crippen LogP contribution in [0, 0.1) is 11.8 Å². The summed E-state index contributed by atoms with van der Waals surface area (Å²) in [5, 5.41) is 4.61. The molecule has 1 N–H and O–H groups in total. The summed E-state index contributed by atoms with van der Waals surface area (Å²) in [6.45, 7) is 7.16. The standard InChI is InChI=1S/C24H30N2O3S/c1-16(2)15-18-6-8-19(9-7-18)22(27)20-10-12-26(13-11-20)24(29)17(3)25-23(28)21-5-4-14-30-21/h4-9,14,16-17,20H,10-13,15H2,1-3H3,(H,25,28). The van der Waals surface area contributed by atoms with Crippen LogP contribution in [0.4, 0.5) is 0 Å². The summed E-state index contributed by atoms with van der Waals surface area (Å²) < 4.78 is 0. The topological polar surface area (TPSA) is 66.5 Å². The van der Waals surface area contributed by atoms with E-state index in [-0.39, 0.29) is 23.5 Å². The van der Waals surface area contributed by atoms with Gasteiger partial charge in [0.1, 0.15) is 6.04 Å². The fourth-order valence-corrected chi connectivity index (χ4v) is 4.51. The van der Waals surface area contributed by atoms with Gasteiger partial charge in [-0.15, -0.1) is 11.3 Å². The molecule has 1 unspecified atom stereocenters. The lowest BCUT2D eigenvalue weighted by Gasteiger charge is -2.33. The van der Waals surface area contributed by atoms with Gasteiger partial charge < -0.3 is 10.2 Å². The number of carbonyl (C=O) groups is 3. The first-order valence-electron chi connectivity index (χ1n) is 10.6. The molecule has 1 aliphatic heterocycles. The number of benzene rings is 1. The number of ketones is 1. The fraction of sp³-hybridized carbons (Fsp3) is 0.458. The third kappa shape index (κ3) is 5.57. The Balaban J connectivity index is 1.50. The van der Waals surface area contributed by atoms with Crippen LogP contribution in [0.2, 0.25) is 0 Å². The number of nitrogens with zero attached hydrogens (tertiary/aromatic N) is 1. The number of Topliss-reactive ketones (excluding diaryl/α,β-unsaturated/α-hetero) is 1. The van der Waals surface area contributed by atoms with Crippen molar-refractivity contribution < 1.29 is 14.4 Å². The Morgan fingerprint density at radius 1 is 1.07 bits per heavy atom. The Morgan fingerprint density at radius 3 is 2.30 bits per heavy atom. The SMILES string of the molecule is CC(C)Cc1ccc(C(=O)C2CCN(C(=O)C(C)NC(=O)c3cccs3)CC2)cc1. The molecule has 6 heteroatoms. The minimum Gasteiger partial charge on any atom is -0.341 e. The van der Waals surface area contributed by atoms with Gasteiger partial charge in [0, 0.05) is 24.6 Å². The molecule has 1 fully saturated rings. The molecular weight excluding hydrogens is 396 g/mol. The zero-order chi connectivity index (χ0) is 21.7. The first-order chi connectivity index (χ1) is 14.3. The molecule has 1 aromatic carbocycles. The highest BCUT2D eigenvalue weighted by Crippen LogP contribution is 2.23. The number of rotatable bonds is 7. The van der Waals surface area contributed by atoms with Crippen molar-refractivity contribution >= 4 is 28.9 Å². The van der Waals surface area contributed by atoms with Crippen molar-refractivity contribution in [1.82, 2.24) is 10.2 Å². The summed E-state index contributed by atoms with van der Waals surface area (Å²) in [5.41, 5.74) is 2.00. The summed E-state index contributed by atoms with van der Waals surface area (Å²) in [4.78, 5) is 40.1. The van der Waals surface area contributed by atoms with E-state index in [2.05, 4.69) is 19.2 Å². The third-order valence-corrected chi connectivity index (χ3v) is 6.39. The van der Waals surface area contributed by atoms with E-state index in [4.69, 9.17) is 0 Å². The van der Waals surface area contributed by atoms with Crippen molar-refractivity contribution in [3.8, 4) is 0 Å². The number of carbonyl (C=O) groups excluding carboxylic acids is 3. The maximum atomic E-state index is 12.9. The van der Waals surface area contributed by atoms with Crippen LogP contribution in [0.1, 0.15) is 59.2 Å². The van der Waals surface area contributed by atoms with E-state index >= 15 is 0 Å². The predicted molar refractivity (Wildman–Crippen MR) is 120 cm³/mol. The van der Waals surface area contributed by atoms with Crippen LogP contribution >= 0.6 is 11.3 Å². The molecule has 160 valence electrons. The van der Waals surface area contributed by atoms with Crippen LogP contribution in [0.5, 0.6) is 0 Å². The first-order valence-corrected chi connectivity index (χ1v) is 11.5. The average Bonchev–Trinajstić information content (AvgIpc) is 3.28. The summed E-state index contributed by atoms with van der Waals surface area (Å²) in [6, 6.07) is 10.9. The average molecular weight is 427 g/mol. The van der Waals surface area contributed by atoms with Gasteiger partial charge in [0.15, 0.2) is 5.78 Å². The molecule has 2 aromatic rings. The van der Waals surface area contributed by atoms with Gasteiger partial charge in [-0.1, -0.05) is 44.2 Å².